The smallest absolute Gasteiger partial charge is 0.171 e. The number of benzene rings is 3. The molecule has 0 bridgehead atoms. The average molecular weight is 495 g/mol. The second-order valence-corrected chi connectivity index (χ2v) is 8.01. The largest absolute Gasteiger partial charge is 0.496 e. The average Bonchev–Trinajstić information content (AvgIpc) is 2.72. The molecule has 0 aliphatic carbocycles. The fourth-order valence-corrected chi connectivity index (χ4v) is 3.98. The Hall–Kier alpha value is -2.08. The second-order valence-electron chi connectivity index (χ2n) is 6.40. The molecule has 1 unspecified atom stereocenters. The second kappa shape index (κ2) is 9.61. The van der Waals surface area contributed by atoms with E-state index in [9.17, 15) is 4.79 Å². The molecule has 3 aromatic carbocycles. The molecule has 0 N–H and O–H groups in total. The molecule has 3 aromatic rings. The molecular formula is C22H18BrCl2NO3. The van der Waals surface area contributed by atoms with Crippen LogP contribution in [0.3, 0.4) is 0 Å². The standard InChI is InChI=1S/C22H18BrCl2NO3/c1-13(11-26-29-12-17-18(24)4-3-5-19(17)25)22(27)15-6-8-16-14(10-15)7-9-20(28-2)21(16)23/h3-11,13H,12H2,1-2H3. The first-order valence-electron chi connectivity index (χ1n) is 8.81. The SMILES string of the molecule is COc1ccc2cc(C(=O)C(C)C=NOCc3c(Cl)cccc3Cl)ccc2c1Br. The van der Waals surface area contributed by atoms with Crippen LogP contribution in [0.15, 0.2) is 58.2 Å². The van der Waals surface area contributed by atoms with Gasteiger partial charge in [-0.15, -0.1) is 0 Å². The number of ether oxygens (including phenoxy) is 1. The van der Waals surface area contributed by atoms with Crippen molar-refractivity contribution < 1.29 is 14.4 Å². The van der Waals surface area contributed by atoms with Gasteiger partial charge in [0, 0.05) is 21.2 Å². The molecule has 7 heteroatoms. The molecule has 0 aliphatic heterocycles. The van der Waals surface area contributed by atoms with Gasteiger partial charge in [0.2, 0.25) is 0 Å². The normalized spacial score (nSPS) is 12.3. The van der Waals surface area contributed by atoms with Gasteiger partial charge in [0.05, 0.1) is 23.7 Å². The monoisotopic (exact) mass is 493 g/mol. The maximum atomic E-state index is 12.7. The van der Waals surface area contributed by atoms with Crippen molar-refractivity contribution in [1.82, 2.24) is 0 Å². The summed E-state index contributed by atoms with van der Waals surface area (Å²) >= 11 is 15.7. The summed E-state index contributed by atoms with van der Waals surface area (Å²) in [5, 5.41) is 6.84. The Morgan fingerprint density at radius 3 is 2.59 bits per heavy atom. The summed E-state index contributed by atoms with van der Waals surface area (Å²) in [6, 6.07) is 14.6. The van der Waals surface area contributed by atoms with Crippen LogP contribution in [0.25, 0.3) is 10.8 Å². The highest BCUT2D eigenvalue weighted by Crippen LogP contribution is 2.33. The Balaban J connectivity index is 1.69. The quantitative estimate of drug-likeness (QED) is 0.203. The van der Waals surface area contributed by atoms with E-state index in [0.29, 0.717) is 21.2 Å². The fourth-order valence-electron chi connectivity index (χ4n) is 2.82. The van der Waals surface area contributed by atoms with E-state index in [1.165, 1.54) is 6.21 Å². The van der Waals surface area contributed by atoms with Gasteiger partial charge in [0.15, 0.2) is 5.78 Å². The number of methoxy groups -OCH3 is 1. The fraction of sp³-hybridized carbons (Fsp3) is 0.182. The molecule has 0 heterocycles. The van der Waals surface area contributed by atoms with Gasteiger partial charge >= 0.3 is 0 Å². The molecule has 0 saturated carbocycles. The van der Waals surface area contributed by atoms with Gasteiger partial charge in [-0.1, -0.05) is 52.6 Å². The number of hydrogen-bond donors (Lipinski definition) is 0. The lowest BCUT2D eigenvalue weighted by molar-refractivity contribution is 0.0955. The van der Waals surface area contributed by atoms with Gasteiger partial charge in [-0.25, -0.2) is 0 Å². The third kappa shape index (κ3) is 4.92. The van der Waals surface area contributed by atoms with Gasteiger partial charge in [0.1, 0.15) is 12.4 Å². The topological polar surface area (TPSA) is 47.9 Å². The van der Waals surface area contributed by atoms with Crippen LogP contribution in [-0.2, 0) is 11.4 Å². The van der Waals surface area contributed by atoms with Crippen molar-refractivity contribution in [3.8, 4) is 5.75 Å². The van der Waals surface area contributed by atoms with Gasteiger partial charge in [-0.05, 0) is 57.9 Å². The van der Waals surface area contributed by atoms with Crippen molar-refractivity contribution in [1.29, 1.82) is 0 Å². The minimum atomic E-state index is -0.448. The van der Waals surface area contributed by atoms with Gasteiger partial charge in [-0.2, -0.15) is 0 Å². The molecule has 0 aliphatic rings. The minimum Gasteiger partial charge on any atom is -0.496 e. The molecule has 150 valence electrons. The maximum Gasteiger partial charge on any atom is 0.171 e. The molecule has 0 saturated heterocycles. The lowest BCUT2D eigenvalue weighted by Gasteiger charge is -2.10. The van der Waals surface area contributed by atoms with E-state index in [-0.39, 0.29) is 12.4 Å². The van der Waals surface area contributed by atoms with Crippen molar-refractivity contribution in [3.05, 3.63) is 74.2 Å². The van der Waals surface area contributed by atoms with E-state index in [0.717, 1.165) is 21.0 Å². The molecule has 1 atom stereocenters. The molecule has 0 aromatic heterocycles. The highest BCUT2D eigenvalue weighted by molar-refractivity contribution is 9.10. The van der Waals surface area contributed by atoms with Crippen molar-refractivity contribution >= 4 is 61.9 Å². The predicted octanol–water partition coefficient (Wildman–Crippen LogP) is 6.94. The molecule has 0 fully saturated rings. The number of nitrogens with zero attached hydrogens (tertiary/aromatic N) is 1. The Morgan fingerprint density at radius 2 is 1.90 bits per heavy atom. The number of carbonyl (C=O) groups is 1. The number of fused-ring (bicyclic) bond motifs is 1. The summed E-state index contributed by atoms with van der Waals surface area (Å²) in [6.07, 6.45) is 1.47. The van der Waals surface area contributed by atoms with Crippen molar-refractivity contribution in [2.24, 2.45) is 11.1 Å². The summed E-state index contributed by atoms with van der Waals surface area (Å²) in [7, 11) is 1.62. The van der Waals surface area contributed by atoms with Crippen LogP contribution < -0.4 is 4.74 Å². The van der Waals surface area contributed by atoms with E-state index in [1.807, 2.05) is 24.3 Å². The van der Waals surface area contributed by atoms with Crippen LogP contribution in [0.4, 0.5) is 0 Å². The minimum absolute atomic E-state index is 0.0537. The molecular weight excluding hydrogens is 477 g/mol. The zero-order valence-corrected chi connectivity index (χ0v) is 18.9. The zero-order chi connectivity index (χ0) is 21.0. The Labute approximate surface area is 187 Å². The van der Waals surface area contributed by atoms with Crippen LogP contribution >= 0.6 is 39.1 Å². The van der Waals surface area contributed by atoms with Gasteiger partial charge < -0.3 is 9.57 Å². The highest BCUT2D eigenvalue weighted by atomic mass is 79.9. The summed E-state index contributed by atoms with van der Waals surface area (Å²) in [4.78, 5) is 18.0. The molecule has 4 nitrogen and oxygen atoms in total. The number of ketones is 1. The summed E-state index contributed by atoms with van der Waals surface area (Å²) in [5.41, 5.74) is 1.25. The van der Waals surface area contributed by atoms with E-state index in [1.54, 1.807) is 38.3 Å². The van der Waals surface area contributed by atoms with Crippen molar-refractivity contribution in [3.63, 3.8) is 0 Å². The van der Waals surface area contributed by atoms with Gasteiger partial charge in [0.25, 0.3) is 0 Å². The van der Waals surface area contributed by atoms with Crippen LogP contribution in [-0.4, -0.2) is 19.1 Å². The Bertz CT molecular complexity index is 1060. The summed E-state index contributed by atoms with van der Waals surface area (Å²) < 4.78 is 6.17. The van der Waals surface area contributed by atoms with Crippen molar-refractivity contribution in [2.75, 3.05) is 7.11 Å². The molecule has 0 radical (unpaired) electrons. The Kier molecular flexibility index (Phi) is 7.17. The predicted molar refractivity (Wildman–Crippen MR) is 121 cm³/mol. The number of oxime groups is 1. The molecule has 3 rings (SSSR count). The number of Topliss-reactive ketones (excluding diaryl/α,β-unsaturated/α-hetero) is 1. The summed E-state index contributed by atoms with van der Waals surface area (Å²) in [6.45, 7) is 1.90. The summed E-state index contributed by atoms with van der Waals surface area (Å²) in [5.74, 6) is 0.241. The number of hydrogen-bond acceptors (Lipinski definition) is 4. The highest BCUT2D eigenvalue weighted by Gasteiger charge is 2.15. The molecule has 0 amide bonds. The van der Waals surface area contributed by atoms with Crippen LogP contribution in [0.2, 0.25) is 10.0 Å². The van der Waals surface area contributed by atoms with Crippen LogP contribution in [0.1, 0.15) is 22.8 Å². The van der Waals surface area contributed by atoms with Gasteiger partial charge in [-0.3, -0.25) is 4.79 Å². The van der Waals surface area contributed by atoms with Crippen LogP contribution in [0, 0.1) is 5.92 Å². The number of halogens is 3. The van der Waals surface area contributed by atoms with E-state index >= 15 is 0 Å². The number of carbonyl (C=O) groups excluding carboxylic acids is 1. The Morgan fingerprint density at radius 1 is 1.17 bits per heavy atom. The zero-order valence-electron chi connectivity index (χ0n) is 15.8. The lowest BCUT2D eigenvalue weighted by Crippen LogP contribution is -2.12. The first-order chi connectivity index (χ1) is 13.9. The van der Waals surface area contributed by atoms with Crippen molar-refractivity contribution in [2.45, 2.75) is 13.5 Å². The maximum absolute atomic E-state index is 12.7. The number of rotatable bonds is 7. The molecule has 29 heavy (non-hydrogen) atoms. The van der Waals surface area contributed by atoms with E-state index in [2.05, 4.69) is 21.1 Å². The van der Waals surface area contributed by atoms with E-state index < -0.39 is 5.92 Å². The van der Waals surface area contributed by atoms with Crippen LogP contribution in [0.5, 0.6) is 5.75 Å². The lowest BCUT2D eigenvalue weighted by atomic mass is 9.97. The first kappa shape index (κ1) is 21.6. The first-order valence-corrected chi connectivity index (χ1v) is 10.4. The molecule has 0 spiro atoms. The third-order valence-electron chi connectivity index (χ3n) is 4.47. The van der Waals surface area contributed by atoms with E-state index in [4.69, 9.17) is 32.8 Å². The third-order valence-corrected chi connectivity index (χ3v) is 5.99.